The molecule has 0 radical (unpaired) electrons. The minimum absolute atomic E-state index is 0.190. The van der Waals surface area contributed by atoms with E-state index in [1.807, 2.05) is 13.0 Å². The molecule has 0 saturated heterocycles. The molecule has 0 amide bonds. The van der Waals surface area contributed by atoms with E-state index < -0.39 is 0 Å². The van der Waals surface area contributed by atoms with Crippen molar-refractivity contribution in [2.45, 2.75) is 26.7 Å². The molecule has 0 fully saturated rings. The highest BCUT2D eigenvalue weighted by atomic mass is 14.4. The van der Waals surface area contributed by atoms with Crippen molar-refractivity contribution in [1.82, 2.24) is 0 Å². The Balaban J connectivity index is 3.63. The summed E-state index contributed by atoms with van der Waals surface area (Å²) in [6, 6.07) is 2.02. The lowest BCUT2D eigenvalue weighted by Crippen LogP contribution is -2.06. The summed E-state index contributed by atoms with van der Waals surface area (Å²) in [5, 5.41) is 15.6. The lowest BCUT2D eigenvalue weighted by Gasteiger charge is -2.00. The van der Waals surface area contributed by atoms with E-state index in [1.54, 1.807) is 6.92 Å². The summed E-state index contributed by atoms with van der Waals surface area (Å²) < 4.78 is 0. The van der Waals surface area contributed by atoms with Crippen molar-refractivity contribution >= 4 is 5.71 Å². The molecule has 1 unspecified atom stereocenters. The highest BCUT2D eigenvalue weighted by Crippen LogP contribution is 2.00. The molecule has 1 atom stereocenters. The number of hydrogen-bond acceptors (Lipinski definition) is 2. The maximum absolute atomic E-state index is 8.34. The lowest BCUT2D eigenvalue weighted by molar-refractivity contribution is 0.893. The van der Waals surface area contributed by atoms with Crippen LogP contribution in [-0.4, -0.2) is 5.71 Å². The van der Waals surface area contributed by atoms with E-state index in [0.29, 0.717) is 5.71 Å². The first-order valence-corrected chi connectivity index (χ1v) is 3.19. The van der Waals surface area contributed by atoms with Crippen LogP contribution in [0.3, 0.4) is 0 Å². The van der Waals surface area contributed by atoms with Gasteiger partial charge in [-0.05, 0) is 13.3 Å². The first-order chi connectivity index (χ1) is 4.22. The van der Waals surface area contributed by atoms with E-state index in [9.17, 15) is 0 Å². The minimum Gasteiger partial charge on any atom is -0.308 e. The normalized spacial score (nSPS) is 12.1. The summed E-state index contributed by atoms with van der Waals surface area (Å²) in [6.07, 6.45) is 1.72. The molecular weight excluding hydrogens is 112 g/mol. The van der Waals surface area contributed by atoms with E-state index >= 15 is 0 Å². The molecule has 0 bridgehead atoms. The van der Waals surface area contributed by atoms with E-state index in [2.05, 4.69) is 0 Å². The van der Waals surface area contributed by atoms with Gasteiger partial charge in [0.05, 0.1) is 12.0 Å². The first-order valence-electron chi connectivity index (χ1n) is 3.19. The van der Waals surface area contributed by atoms with Crippen molar-refractivity contribution in [3.05, 3.63) is 0 Å². The Labute approximate surface area is 56.0 Å². The second-order valence-electron chi connectivity index (χ2n) is 2.13. The van der Waals surface area contributed by atoms with Crippen LogP contribution in [0.2, 0.25) is 0 Å². The average molecular weight is 124 g/mol. The van der Waals surface area contributed by atoms with Gasteiger partial charge >= 0.3 is 0 Å². The molecule has 9 heavy (non-hydrogen) atoms. The van der Waals surface area contributed by atoms with Crippen LogP contribution in [0.1, 0.15) is 26.7 Å². The van der Waals surface area contributed by atoms with Crippen molar-refractivity contribution in [2.75, 3.05) is 0 Å². The third kappa shape index (κ3) is 2.86. The van der Waals surface area contributed by atoms with E-state index in [1.165, 1.54) is 0 Å². The van der Waals surface area contributed by atoms with Crippen LogP contribution in [-0.2, 0) is 0 Å². The van der Waals surface area contributed by atoms with Crippen LogP contribution >= 0.6 is 0 Å². The fourth-order valence-corrected chi connectivity index (χ4v) is 0.564. The van der Waals surface area contributed by atoms with Gasteiger partial charge in [0.2, 0.25) is 0 Å². The molecule has 0 saturated carbocycles. The highest BCUT2D eigenvalue weighted by molar-refractivity contribution is 5.85. The summed E-state index contributed by atoms with van der Waals surface area (Å²) >= 11 is 0. The summed E-state index contributed by atoms with van der Waals surface area (Å²) in [7, 11) is 0. The summed E-state index contributed by atoms with van der Waals surface area (Å²) in [4.78, 5) is 0. The summed E-state index contributed by atoms with van der Waals surface area (Å²) in [5.41, 5.74) is 0.556. The van der Waals surface area contributed by atoms with Crippen LogP contribution in [0.5, 0.6) is 0 Å². The van der Waals surface area contributed by atoms with E-state index in [-0.39, 0.29) is 5.92 Å². The number of nitriles is 1. The number of hydrogen-bond donors (Lipinski definition) is 1. The third-order valence-electron chi connectivity index (χ3n) is 1.24. The Morgan fingerprint density at radius 1 is 1.78 bits per heavy atom. The number of nitrogens with zero attached hydrogens (tertiary/aromatic N) is 1. The number of nitrogens with one attached hydrogen (secondary N) is 1. The second-order valence-corrected chi connectivity index (χ2v) is 2.13. The maximum Gasteiger partial charge on any atom is 0.0810 e. The van der Waals surface area contributed by atoms with Gasteiger partial charge in [-0.15, -0.1) is 0 Å². The molecule has 0 aliphatic carbocycles. The van der Waals surface area contributed by atoms with Crippen molar-refractivity contribution in [2.24, 2.45) is 5.92 Å². The zero-order valence-electron chi connectivity index (χ0n) is 5.94. The van der Waals surface area contributed by atoms with Crippen LogP contribution in [0, 0.1) is 22.7 Å². The van der Waals surface area contributed by atoms with E-state index in [0.717, 1.165) is 12.8 Å². The van der Waals surface area contributed by atoms with Crippen LogP contribution in [0.25, 0.3) is 0 Å². The van der Waals surface area contributed by atoms with Gasteiger partial charge in [0.15, 0.2) is 0 Å². The van der Waals surface area contributed by atoms with Gasteiger partial charge in [-0.25, -0.2) is 0 Å². The monoisotopic (exact) mass is 124 g/mol. The SMILES string of the molecule is CCCC(=N)C(C)C#N. The first kappa shape index (κ1) is 8.16. The predicted molar refractivity (Wildman–Crippen MR) is 37.4 cm³/mol. The molecule has 0 aromatic rings. The number of rotatable bonds is 3. The van der Waals surface area contributed by atoms with Crippen molar-refractivity contribution in [1.29, 1.82) is 10.7 Å². The van der Waals surface area contributed by atoms with Gasteiger partial charge in [0.1, 0.15) is 0 Å². The fraction of sp³-hybridized carbons (Fsp3) is 0.714. The van der Waals surface area contributed by atoms with Gasteiger partial charge in [-0.3, -0.25) is 0 Å². The van der Waals surface area contributed by atoms with Crippen molar-refractivity contribution < 1.29 is 0 Å². The Kier molecular flexibility index (Phi) is 3.70. The summed E-state index contributed by atoms with van der Waals surface area (Å²) in [5.74, 6) is -0.190. The molecule has 0 spiro atoms. The molecule has 0 aromatic carbocycles. The van der Waals surface area contributed by atoms with E-state index in [4.69, 9.17) is 10.7 Å². The molecule has 0 rings (SSSR count). The largest absolute Gasteiger partial charge is 0.308 e. The Morgan fingerprint density at radius 3 is 2.67 bits per heavy atom. The quantitative estimate of drug-likeness (QED) is 0.574. The maximum atomic E-state index is 8.34. The van der Waals surface area contributed by atoms with Gasteiger partial charge < -0.3 is 5.41 Å². The zero-order chi connectivity index (χ0) is 7.28. The topological polar surface area (TPSA) is 47.6 Å². The molecule has 0 aliphatic rings. The molecule has 2 heteroatoms. The van der Waals surface area contributed by atoms with Crippen LogP contribution in [0.15, 0.2) is 0 Å². The highest BCUT2D eigenvalue weighted by Gasteiger charge is 2.04. The molecule has 2 nitrogen and oxygen atoms in total. The predicted octanol–water partition coefficient (Wildman–Crippen LogP) is 1.97. The third-order valence-corrected chi connectivity index (χ3v) is 1.24. The minimum atomic E-state index is -0.190. The lowest BCUT2D eigenvalue weighted by atomic mass is 10.0. The zero-order valence-corrected chi connectivity index (χ0v) is 5.94. The molecule has 0 aliphatic heterocycles. The fourth-order valence-electron chi connectivity index (χ4n) is 0.564. The smallest absolute Gasteiger partial charge is 0.0810 e. The second kappa shape index (κ2) is 4.08. The average Bonchev–Trinajstić information content (AvgIpc) is 1.87. The van der Waals surface area contributed by atoms with Crippen molar-refractivity contribution in [3.63, 3.8) is 0 Å². The standard InChI is InChI=1S/C7H12N2/c1-3-4-7(9)6(2)5-8/h6,9H,3-4H2,1-2H3. The van der Waals surface area contributed by atoms with Gasteiger partial charge in [0.25, 0.3) is 0 Å². The van der Waals surface area contributed by atoms with Gasteiger partial charge in [0, 0.05) is 5.71 Å². The Morgan fingerprint density at radius 2 is 2.33 bits per heavy atom. The molecular formula is C7H12N2. The van der Waals surface area contributed by atoms with Crippen LogP contribution in [0.4, 0.5) is 0 Å². The van der Waals surface area contributed by atoms with Crippen molar-refractivity contribution in [3.8, 4) is 6.07 Å². The van der Waals surface area contributed by atoms with Gasteiger partial charge in [-0.2, -0.15) is 5.26 Å². The molecule has 1 N–H and O–H groups in total. The summed E-state index contributed by atoms with van der Waals surface area (Å²) in [6.45, 7) is 3.77. The molecule has 50 valence electrons. The Hall–Kier alpha value is -0.840. The Bertz CT molecular complexity index is 132. The molecule has 0 heterocycles. The van der Waals surface area contributed by atoms with Gasteiger partial charge in [-0.1, -0.05) is 13.3 Å². The van der Waals surface area contributed by atoms with Crippen LogP contribution < -0.4 is 0 Å². The molecule has 0 aromatic heterocycles.